The van der Waals surface area contributed by atoms with Crippen molar-refractivity contribution < 1.29 is 9.53 Å². The van der Waals surface area contributed by atoms with Crippen LogP contribution in [0.4, 0.5) is 5.69 Å². The number of halogens is 1. The summed E-state index contributed by atoms with van der Waals surface area (Å²) in [7, 11) is 1.75. The standard InChI is InChI=1S/C25H35N5O2.HI/c1-4-30(5-2)14-15-32-21-12-10-19(11-13-21)17-27-25(26-3)28-18-20-16-24(31)29-23-9-7-6-8-22(20)23;/h6-13,20H,4-5,14-18H2,1-3H3,(H,29,31)(H2,26,27,28);1H. The van der Waals surface area contributed by atoms with E-state index in [1.807, 2.05) is 30.3 Å². The predicted molar refractivity (Wildman–Crippen MR) is 146 cm³/mol. The molecule has 8 heteroatoms. The Kier molecular flexibility index (Phi) is 11.5. The molecule has 1 atom stereocenters. The summed E-state index contributed by atoms with van der Waals surface area (Å²) in [4.78, 5) is 18.7. The Bertz CT molecular complexity index is 900. The van der Waals surface area contributed by atoms with E-state index in [1.54, 1.807) is 7.05 Å². The van der Waals surface area contributed by atoms with Gasteiger partial charge in [-0.1, -0.05) is 44.2 Å². The summed E-state index contributed by atoms with van der Waals surface area (Å²) in [5.41, 5.74) is 3.20. The molecule has 1 heterocycles. The molecule has 0 fully saturated rings. The van der Waals surface area contributed by atoms with Gasteiger partial charge in [0.25, 0.3) is 0 Å². The molecule has 7 nitrogen and oxygen atoms in total. The first-order valence-electron chi connectivity index (χ1n) is 11.4. The smallest absolute Gasteiger partial charge is 0.225 e. The fraction of sp³-hybridized carbons (Fsp3) is 0.440. The largest absolute Gasteiger partial charge is 0.492 e. The minimum Gasteiger partial charge on any atom is -0.492 e. The van der Waals surface area contributed by atoms with Crippen LogP contribution >= 0.6 is 24.0 Å². The van der Waals surface area contributed by atoms with Crippen LogP contribution in [0.5, 0.6) is 5.75 Å². The zero-order valence-corrected chi connectivity index (χ0v) is 22.1. The van der Waals surface area contributed by atoms with Gasteiger partial charge >= 0.3 is 0 Å². The molecule has 1 aliphatic heterocycles. The first kappa shape index (κ1) is 26.9. The molecule has 1 aliphatic rings. The second kappa shape index (κ2) is 14.0. The molecule has 0 bridgehead atoms. The Hall–Kier alpha value is -2.33. The third-order valence-corrected chi connectivity index (χ3v) is 5.80. The summed E-state index contributed by atoms with van der Waals surface area (Å²) < 4.78 is 5.85. The molecule has 2 aromatic carbocycles. The number of carbonyl (C=O) groups excluding carboxylic acids is 1. The number of carbonyl (C=O) groups is 1. The van der Waals surface area contributed by atoms with Crippen LogP contribution in [0.25, 0.3) is 0 Å². The molecule has 2 aromatic rings. The van der Waals surface area contributed by atoms with E-state index in [1.165, 1.54) is 0 Å². The number of rotatable bonds is 10. The number of likely N-dealkylation sites (N-methyl/N-ethyl adjacent to an activating group) is 1. The molecule has 0 radical (unpaired) electrons. The quantitative estimate of drug-likeness (QED) is 0.232. The van der Waals surface area contributed by atoms with Crippen LogP contribution in [0.3, 0.4) is 0 Å². The number of anilines is 1. The van der Waals surface area contributed by atoms with E-state index in [2.05, 4.69) is 57.9 Å². The van der Waals surface area contributed by atoms with E-state index in [0.717, 1.165) is 42.2 Å². The number of nitrogens with zero attached hydrogens (tertiary/aromatic N) is 2. The molecule has 0 saturated carbocycles. The minimum absolute atomic E-state index is 0. The molecule has 3 rings (SSSR count). The van der Waals surface area contributed by atoms with Crippen LogP contribution in [0.15, 0.2) is 53.5 Å². The van der Waals surface area contributed by atoms with Gasteiger partial charge in [-0.25, -0.2) is 0 Å². The summed E-state index contributed by atoms with van der Waals surface area (Å²) in [5.74, 6) is 1.77. The minimum atomic E-state index is 0. The first-order valence-corrected chi connectivity index (χ1v) is 11.4. The van der Waals surface area contributed by atoms with Crippen molar-refractivity contribution in [3.05, 3.63) is 59.7 Å². The number of para-hydroxylation sites is 1. The number of benzene rings is 2. The molecular formula is C25H36IN5O2. The highest BCUT2D eigenvalue weighted by molar-refractivity contribution is 14.0. The van der Waals surface area contributed by atoms with Gasteiger partial charge in [0.2, 0.25) is 5.91 Å². The number of hydrogen-bond donors (Lipinski definition) is 3. The van der Waals surface area contributed by atoms with E-state index in [-0.39, 0.29) is 35.8 Å². The maximum absolute atomic E-state index is 12.0. The van der Waals surface area contributed by atoms with Crippen molar-refractivity contribution in [2.24, 2.45) is 4.99 Å². The predicted octanol–water partition coefficient (Wildman–Crippen LogP) is 3.82. The van der Waals surface area contributed by atoms with E-state index < -0.39 is 0 Å². The molecule has 0 aromatic heterocycles. The zero-order chi connectivity index (χ0) is 22.8. The van der Waals surface area contributed by atoms with Crippen molar-refractivity contribution in [1.82, 2.24) is 15.5 Å². The van der Waals surface area contributed by atoms with Crippen LogP contribution in [0.2, 0.25) is 0 Å². The van der Waals surface area contributed by atoms with E-state index in [0.29, 0.717) is 32.1 Å². The maximum Gasteiger partial charge on any atom is 0.225 e. The highest BCUT2D eigenvalue weighted by atomic mass is 127. The van der Waals surface area contributed by atoms with Crippen molar-refractivity contribution in [1.29, 1.82) is 0 Å². The van der Waals surface area contributed by atoms with Gasteiger partial charge in [-0.3, -0.25) is 9.79 Å². The Labute approximate surface area is 214 Å². The second-order valence-corrected chi connectivity index (χ2v) is 7.86. The van der Waals surface area contributed by atoms with Crippen molar-refractivity contribution in [2.45, 2.75) is 32.7 Å². The van der Waals surface area contributed by atoms with Gasteiger partial charge < -0.3 is 25.6 Å². The van der Waals surface area contributed by atoms with Crippen molar-refractivity contribution in [3.8, 4) is 5.75 Å². The third kappa shape index (κ3) is 8.19. The topological polar surface area (TPSA) is 78.0 Å². The van der Waals surface area contributed by atoms with Crippen molar-refractivity contribution >= 4 is 41.5 Å². The van der Waals surface area contributed by atoms with Crippen molar-refractivity contribution in [2.75, 3.05) is 45.2 Å². The van der Waals surface area contributed by atoms with Gasteiger partial charge in [0, 0.05) is 44.7 Å². The lowest BCUT2D eigenvalue weighted by molar-refractivity contribution is -0.116. The fourth-order valence-corrected chi connectivity index (χ4v) is 3.85. The van der Waals surface area contributed by atoms with E-state index in [9.17, 15) is 4.79 Å². The monoisotopic (exact) mass is 565 g/mol. The van der Waals surface area contributed by atoms with Crippen LogP contribution < -0.4 is 20.7 Å². The van der Waals surface area contributed by atoms with Gasteiger partial charge in [-0.2, -0.15) is 0 Å². The Balaban J connectivity index is 0.00000385. The van der Waals surface area contributed by atoms with E-state index >= 15 is 0 Å². The third-order valence-electron chi connectivity index (χ3n) is 5.80. The summed E-state index contributed by atoms with van der Waals surface area (Å²) >= 11 is 0. The summed E-state index contributed by atoms with van der Waals surface area (Å²) in [6.07, 6.45) is 0.469. The molecule has 1 unspecified atom stereocenters. The Morgan fingerprint density at radius 3 is 2.55 bits per heavy atom. The maximum atomic E-state index is 12.0. The van der Waals surface area contributed by atoms with Crippen LogP contribution in [-0.4, -0.2) is 56.6 Å². The highest BCUT2D eigenvalue weighted by Crippen LogP contribution is 2.31. The normalized spacial score (nSPS) is 15.3. The lowest BCUT2D eigenvalue weighted by Gasteiger charge is -2.26. The average Bonchev–Trinajstić information content (AvgIpc) is 2.82. The number of hydrogen-bond acceptors (Lipinski definition) is 4. The average molecular weight is 566 g/mol. The number of amides is 1. The fourth-order valence-electron chi connectivity index (χ4n) is 3.85. The molecule has 180 valence electrons. The molecule has 0 spiro atoms. The molecule has 3 N–H and O–H groups in total. The highest BCUT2D eigenvalue weighted by Gasteiger charge is 2.24. The SMILES string of the molecule is CCN(CC)CCOc1ccc(CNC(=NC)NCC2CC(=O)Nc3ccccc32)cc1.I. The van der Waals surface area contributed by atoms with Gasteiger partial charge in [0.15, 0.2) is 5.96 Å². The lowest BCUT2D eigenvalue weighted by atomic mass is 9.90. The molecule has 33 heavy (non-hydrogen) atoms. The summed E-state index contributed by atoms with van der Waals surface area (Å²) in [6, 6.07) is 16.1. The second-order valence-electron chi connectivity index (χ2n) is 7.86. The number of guanidine groups is 1. The molecule has 0 saturated heterocycles. The van der Waals surface area contributed by atoms with Crippen LogP contribution in [-0.2, 0) is 11.3 Å². The number of aliphatic imine (C=N–C) groups is 1. The Morgan fingerprint density at radius 2 is 1.85 bits per heavy atom. The molecule has 0 aliphatic carbocycles. The van der Waals surface area contributed by atoms with E-state index in [4.69, 9.17) is 4.74 Å². The first-order chi connectivity index (χ1) is 15.6. The van der Waals surface area contributed by atoms with Crippen LogP contribution in [0.1, 0.15) is 37.3 Å². The van der Waals surface area contributed by atoms with Gasteiger partial charge in [0.05, 0.1) is 0 Å². The zero-order valence-electron chi connectivity index (χ0n) is 19.8. The number of nitrogens with one attached hydrogen (secondary N) is 3. The van der Waals surface area contributed by atoms with Gasteiger partial charge in [0.1, 0.15) is 12.4 Å². The summed E-state index contributed by atoms with van der Waals surface area (Å²) in [5, 5.41) is 9.65. The molecule has 1 amide bonds. The number of fused-ring (bicyclic) bond motifs is 1. The summed E-state index contributed by atoms with van der Waals surface area (Å²) in [6.45, 7) is 9.34. The van der Waals surface area contributed by atoms with Gasteiger partial charge in [-0.15, -0.1) is 24.0 Å². The van der Waals surface area contributed by atoms with Crippen molar-refractivity contribution in [3.63, 3.8) is 0 Å². The molecular weight excluding hydrogens is 529 g/mol. The van der Waals surface area contributed by atoms with Gasteiger partial charge in [-0.05, 0) is 42.4 Å². The number of ether oxygens (including phenoxy) is 1. The lowest BCUT2D eigenvalue weighted by Crippen LogP contribution is -2.40. The Morgan fingerprint density at radius 1 is 1.12 bits per heavy atom. The van der Waals surface area contributed by atoms with Crippen LogP contribution in [0, 0.1) is 0 Å².